The van der Waals surface area contributed by atoms with Gasteiger partial charge >= 0.3 is 0 Å². The maximum atomic E-state index is 5.15. The minimum Gasteiger partial charge on any atom is -0.379 e. The lowest BCUT2D eigenvalue weighted by Gasteiger charge is -2.58. The van der Waals surface area contributed by atoms with Crippen molar-refractivity contribution in [1.82, 2.24) is 0 Å². The summed E-state index contributed by atoms with van der Waals surface area (Å²) in [5.74, 6) is 0. The second kappa shape index (κ2) is 32.2. The van der Waals surface area contributed by atoms with Crippen LogP contribution >= 0.6 is 22.7 Å². The number of ether oxygens (including phenoxy) is 4. The summed E-state index contributed by atoms with van der Waals surface area (Å²) in [6.07, 6.45) is 18.4. The van der Waals surface area contributed by atoms with Gasteiger partial charge in [0.1, 0.15) is 0 Å². The SMILES string of the molecule is C[C@@H]1CCCO1.C[C@@H]1CCCO1.C[C@H]1CCCO1.C[C@H]1CCCO1.Cc1cc(C)c([Si](c2ccc(-c3ccc([Si](c4c(C)cc(C)cc4C)=[Si]4C([Si](C)(C)C)([Si](C)(C)C)CCC4([Si](C)(C)C)[Si](C)(C)C)s3)s2)=[Si]2C([Si](C)(C)C)([Si](C)(C)C)CCC2([Si](C)(C)C)[Si](C)(C)C)c(C)c1. The van der Waals surface area contributed by atoms with E-state index in [1.54, 1.807) is 32.0 Å². The van der Waals surface area contributed by atoms with Crippen molar-refractivity contribution in [1.29, 1.82) is 0 Å². The maximum absolute atomic E-state index is 5.15. The van der Waals surface area contributed by atoms with Crippen molar-refractivity contribution in [2.75, 3.05) is 26.4 Å². The zero-order chi connectivity index (χ0) is 72.8. The molecule has 96 heavy (non-hydrogen) atoms. The molecule has 10 rings (SSSR count). The van der Waals surface area contributed by atoms with E-state index < -0.39 is 96.2 Å². The number of thiophene rings is 2. The van der Waals surface area contributed by atoms with E-state index in [1.807, 2.05) is 19.4 Å². The van der Waals surface area contributed by atoms with Gasteiger partial charge in [-0.2, -0.15) is 0 Å². The van der Waals surface area contributed by atoms with Gasteiger partial charge in [-0.15, -0.1) is 22.7 Å². The zero-order valence-corrected chi connectivity index (χ0v) is 82.3. The Hall–Kier alpha value is 0.283. The molecule has 6 aliphatic rings. The molecule has 8 heterocycles. The molecule has 6 aliphatic heterocycles. The highest BCUT2D eigenvalue weighted by Gasteiger charge is 2.72. The lowest BCUT2D eigenvalue weighted by atomic mass is 10.1. The number of hydrogen-bond donors (Lipinski definition) is 0. The van der Waals surface area contributed by atoms with Crippen molar-refractivity contribution in [3.8, 4) is 9.75 Å². The fraction of sp³-hybridized carbons (Fsp3) is 0.744. The van der Waals surface area contributed by atoms with E-state index in [9.17, 15) is 0 Å². The smallest absolute Gasteiger partial charge is 0.0712 e. The Morgan fingerprint density at radius 1 is 0.333 bits per heavy atom. The second-order valence-electron chi connectivity index (χ2n) is 39.3. The normalized spacial score (nSPS) is 22.8. The minimum absolute atomic E-state index is 0.546. The van der Waals surface area contributed by atoms with Crippen molar-refractivity contribution >= 4 is 138 Å². The first-order chi connectivity index (χ1) is 43.8. The Morgan fingerprint density at radius 3 is 0.677 bits per heavy atom. The van der Waals surface area contributed by atoms with E-state index in [1.165, 1.54) is 88.2 Å². The standard InChI is InChI=1S/C58H106S2Si12.4C5H10O/c1-43-39-45(3)53(46(4)40-43)61(63-55(65(7,8)9,66(10,11)12)35-36-56(63,67(13,14)15)68(16,17)18)51-33-31-49(59-51)50-32-34-52(60-50)62(54-47(5)41-44(2)42-48(54)6)64-57(69(19,20)21,70(22,23)24)37-38-58(64,71(25,26)27)72(28,29)30;4*1-5-3-2-4-6-5/h31-34,39-42H,35-38H2,1-30H3;4*5H,2-4H2,1H3/t;4*5-/m.1100/s1. The van der Waals surface area contributed by atoms with Gasteiger partial charge in [0.25, 0.3) is 0 Å². The molecule has 6 saturated heterocycles. The molecule has 0 saturated carbocycles. The van der Waals surface area contributed by atoms with Crippen molar-refractivity contribution in [3.05, 3.63) is 81.9 Å². The van der Waals surface area contributed by atoms with E-state index >= 15 is 0 Å². The third-order valence-corrected chi connectivity index (χ3v) is 121. The van der Waals surface area contributed by atoms with E-state index in [2.05, 4.69) is 298 Å². The van der Waals surface area contributed by atoms with Crippen LogP contribution in [0.3, 0.4) is 0 Å². The molecule has 542 valence electrons. The van der Waals surface area contributed by atoms with Gasteiger partial charge < -0.3 is 18.9 Å². The molecular formula is C78H146O4S2Si12. The highest BCUT2D eigenvalue weighted by atomic mass is 32.1. The Bertz CT molecular complexity index is 2880. The van der Waals surface area contributed by atoms with Crippen LogP contribution < -0.4 is 19.4 Å². The highest BCUT2D eigenvalue weighted by molar-refractivity contribution is 7.41. The molecule has 0 bridgehead atoms. The van der Waals surface area contributed by atoms with Crippen LogP contribution in [0.25, 0.3) is 9.75 Å². The van der Waals surface area contributed by atoms with Crippen LogP contribution in [-0.2, 0) is 18.9 Å². The highest BCUT2D eigenvalue weighted by Crippen LogP contribution is 2.71. The molecule has 18 heteroatoms. The van der Waals surface area contributed by atoms with Gasteiger partial charge in [-0.05, 0) is 195 Å². The number of benzene rings is 2. The van der Waals surface area contributed by atoms with Crippen LogP contribution in [0.2, 0.25) is 174 Å². The predicted molar refractivity (Wildman–Crippen MR) is 465 cm³/mol. The van der Waals surface area contributed by atoms with Gasteiger partial charge in [-0.1, -0.05) is 218 Å². The molecule has 0 aliphatic carbocycles. The van der Waals surface area contributed by atoms with Gasteiger partial charge in [0.05, 0.1) is 40.2 Å². The van der Waals surface area contributed by atoms with Gasteiger partial charge in [-0.25, -0.2) is 0 Å². The van der Waals surface area contributed by atoms with Crippen molar-refractivity contribution in [3.63, 3.8) is 0 Å². The summed E-state index contributed by atoms with van der Waals surface area (Å²) in [7, 11) is -17.8. The lowest BCUT2D eigenvalue weighted by molar-refractivity contribution is 0.125. The first kappa shape index (κ1) is 85.2. The molecule has 4 nitrogen and oxygen atoms in total. The summed E-state index contributed by atoms with van der Waals surface area (Å²) in [5, 5.41) is 3.68. The molecule has 0 amide bonds. The molecule has 0 unspecified atom stereocenters. The van der Waals surface area contributed by atoms with E-state index in [0.717, 1.165) is 26.4 Å². The molecule has 4 aromatic rings. The van der Waals surface area contributed by atoms with Crippen LogP contribution in [0.15, 0.2) is 48.5 Å². The molecule has 4 atom stereocenters. The lowest BCUT2D eigenvalue weighted by Crippen LogP contribution is -2.69. The molecule has 0 radical (unpaired) electrons. The monoisotopic (exact) mass is 1550 g/mol. The Morgan fingerprint density at radius 2 is 0.531 bits per heavy atom. The van der Waals surface area contributed by atoms with E-state index in [0.29, 0.717) is 41.6 Å². The first-order valence-electron chi connectivity index (χ1n) is 38.2. The van der Waals surface area contributed by atoms with Gasteiger partial charge in [0.15, 0.2) is 0 Å². The summed E-state index contributed by atoms with van der Waals surface area (Å²) in [6, 6.07) is 21.4. The maximum Gasteiger partial charge on any atom is 0.0712 e. The fourth-order valence-corrected chi connectivity index (χ4v) is 160. The molecular weight excluding hydrogens is 1400 g/mol. The number of rotatable bonds is 13. The van der Waals surface area contributed by atoms with Crippen LogP contribution in [0.5, 0.6) is 0 Å². The Balaban J connectivity index is 0.000000501. The average molecular weight is 1550 g/mol. The fourth-order valence-electron chi connectivity index (χ4n) is 21.4. The van der Waals surface area contributed by atoms with Crippen LogP contribution in [0.1, 0.15) is 138 Å². The third-order valence-electron chi connectivity index (χ3n) is 24.6. The summed E-state index contributed by atoms with van der Waals surface area (Å²) >= 11 is 4.62. The van der Waals surface area contributed by atoms with Crippen LogP contribution in [-0.4, -0.2) is 147 Å². The molecule has 6 fully saturated rings. The summed E-state index contributed by atoms with van der Waals surface area (Å²) in [6.45, 7) is 96.0. The number of aryl methyl sites for hydroxylation is 6. The topological polar surface area (TPSA) is 36.9 Å². The predicted octanol–water partition coefficient (Wildman–Crippen LogP) is 22.0. The Labute approximate surface area is 614 Å². The third kappa shape index (κ3) is 17.5. The van der Waals surface area contributed by atoms with Crippen molar-refractivity contribution in [2.24, 2.45) is 0 Å². The molecule has 0 spiro atoms. The van der Waals surface area contributed by atoms with Crippen LogP contribution in [0, 0.1) is 41.5 Å². The quantitative estimate of drug-likeness (QED) is 0.125. The van der Waals surface area contributed by atoms with Crippen LogP contribution in [0.4, 0.5) is 0 Å². The van der Waals surface area contributed by atoms with Gasteiger partial charge in [0.2, 0.25) is 0 Å². The van der Waals surface area contributed by atoms with Gasteiger partial charge in [0, 0.05) is 126 Å². The molecule has 0 N–H and O–H groups in total. The van der Waals surface area contributed by atoms with Crippen molar-refractivity contribution < 1.29 is 18.9 Å². The summed E-state index contributed by atoms with van der Waals surface area (Å²) in [4.78, 5) is 3.16. The minimum atomic E-state index is -1.70. The molecule has 2 aromatic carbocycles. The summed E-state index contributed by atoms with van der Waals surface area (Å²) < 4.78 is 26.5. The largest absolute Gasteiger partial charge is 0.379 e. The molecule has 2 aromatic heterocycles. The summed E-state index contributed by atoms with van der Waals surface area (Å²) in [5.41, 5.74) is 9.32. The average Bonchev–Trinajstić information content (AvgIpc) is 1.48. The van der Waals surface area contributed by atoms with Crippen molar-refractivity contribution in [2.45, 2.75) is 345 Å². The van der Waals surface area contributed by atoms with Gasteiger partial charge in [-0.3, -0.25) is 0 Å². The second-order valence-corrected chi connectivity index (χ2v) is 106. The Kier molecular flexibility index (Phi) is 28.5. The first-order valence-corrected chi connectivity index (χ1v) is 75.8. The van der Waals surface area contributed by atoms with E-state index in [4.69, 9.17) is 18.9 Å². The van der Waals surface area contributed by atoms with E-state index in [-0.39, 0.29) is 0 Å². The number of hydrogen-bond acceptors (Lipinski definition) is 6. The zero-order valence-electron chi connectivity index (χ0n) is 68.7.